The fourth-order valence-electron chi connectivity index (χ4n) is 5.96. The molecular formula is C40H38O15. The fraction of sp³-hybridized carbons (Fsp3) is 0.300. The molecule has 0 aromatic heterocycles. The van der Waals surface area contributed by atoms with Gasteiger partial charge in [-0.3, -0.25) is 0 Å². The maximum Gasteiger partial charge on any atom is 0.340 e. The smallest absolute Gasteiger partial charge is 0.340 e. The van der Waals surface area contributed by atoms with Gasteiger partial charge in [-0.1, -0.05) is 72.8 Å². The lowest BCUT2D eigenvalue weighted by Crippen LogP contribution is -2.66. The Bertz CT molecular complexity index is 1880. The number of aliphatic hydroxyl groups excluding tert-OH is 4. The molecule has 0 saturated carbocycles. The molecule has 4 aromatic carbocycles. The third kappa shape index (κ3) is 9.41. The molecule has 2 saturated heterocycles. The summed E-state index contributed by atoms with van der Waals surface area (Å²) in [4.78, 5) is 54.1. The van der Waals surface area contributed by atoms with Crippen molar-refractivity contribution < 1.29 is 72.8 Å². The zero-order valence-electron chi connectivity index (χ0n) is 29.0. The third-order valence-electron chi connectivity index (χ3n) is 8.86. The lowest BCUT2D eigenvalue weighted by molar-refractivity contribution is -0.353. The van der Waals surface area contributed by atoms with Gasteiger partial charge < -0.3 is 53.6 Å². The van der Waals surface area contributed by atoms with Crippen molar-refractivity contribution >= 4 is 23.9 Å². The minimum atomic E-state index is -1.95. The summed E-state index contributed by atoms with van der Waals surface area (Å²) in [6.07, 6.45) is -17.5. The largest absolute Gasteiger partial charge is 0.459 e. The summed E-state index contributed by atoms with van der Waals surface area (Å²) in [7, 11) is 0. The van der Waals surface area contributed by atoms with Crippen LogP contribution in [0.2, 0.25) is 0 Å². The first-order valence-corrected chi connectivity index (χ1v) is 17.3. The van der Waals surface area contributed by atoms with E-state index in [9.17, 15) is 39.6 Å². The molecule has 2 aliphatic rings. The molecule has 0 spiro atoms. The lowest BCUT2D eigenvalue weighted by atomic mass is 9.96. The Morgan fingerprint density at radius 3 is 1.36 bits per heavy atom. The van der Waals surface area contributed by atoms with Crippen LogP contribution in [0.15, 0.2) is 121 Å². The molecule has 10 atom stereocenters. The zero-order valence-corrected chi connectivity index (χ0v) is 29.0. The molecule has 288 valence electrons. The van der Waals surface area contributed by atoms with Crippen LogP contribution in [0.1, 0.15) is 41.4 Å². The number of hydrogen-bond donors (Lipinski definition) is 4. The molecular weight excluding hydrogens is 720 g/mol. The number of carbonyl (C=O) groups excluding carboxylic acids is 4. The van der Waals surface area contributed by atoms with Crippen molar-refractivity contribution in [2.24, 2.45) is 0 Å². The molecule has 2 heterocycles. The second-order valence-electron chi connectivity index (χ2n) is 12.5. The summed E-state index contributed by atoms with van der Waals surface area (Å²) in [6.45, 7) is -1.46. The molecule has 15 heteroatoms. The second kappa shape index (κ2) is 18.2. The predicted molar refractivity (Wildman–Crippen MR) is 187 cm³/mol. The maximum absolute atomic E-state index is 13.8. The topological polar surface area (TPSA) is 214 Å². The van der Waals surface area contributed by atoms with Gasteiger partial charge in [0.15, 0.2) is 12.4 Å². The van der Waals surface area contributed by atoms with Crippen molar-refractivity contribution in [1.29, 1.82) is 0 Å². The van der Waals surface area contributed by atoms with E-state index in [1.807, 2.05) is 0 Å². The van der Waals surface area contributed by atoms with Gasteiger partial charge in [-0.25, -0.2) is 19.2 Å². The Hall–Kier alpha value is -5.52. The highest BCUT2D eigenvalue weighted by Crippen LogP contribution is 2.34. The SMILES string of the molecule is O=C(OCC1OC(OC(=O)c2ccccc2)C(OC(=O)c2ccccc2)C(OC(=O)c2ccccc2)C1OC1OC(CO)C(O)C(O)C1O)c1ccccc1. The lowest BCUT2D eigenvalue weighted by Gasteiger charge is -2.47. The van der Waals surface area contributed by atoms with Crippen LogP contribution in [0.4, 0.5) is 0 Å². The predicted octanol–water partition coefficient (Wildman–Crippen LogP) is 2.06. The van der Waals surface area contributed by atoms with Gasteiger partial charge in [0.25, 0.3) is 0 Å². The first kappa shape index (κ1) is 39.2. The van der Waals surface area contributed by atoms with Gasteiger partial charge in [-0.15, -0.1) is 0 Å². The fourth-order valence-corrected chi connectivity index (χ4v) is 5.96. The van der Waals surface area contributed by atoms with E-state index < -0.39 is 98.5 Å². The Labute approximate surface area is 314 Å². The number of esters is 4. The average Bonchev–Trinajstić information content (AvgIpc) is 3.23. The van der Waals surface area contributed by atoms with E-state index in [1.54, 1.807) is 72.8 Å². The number of rotatable bonds is 12. The maximum atomic E-state index is 13.8. The van der Waals surface area contributed by atoms with Gasteiger partial charge in [0, 0.05) is 0 Å². The molecule has 55 heavy (non-hydrogen) atoms. The van der Waals surface area contributed by atoms with Crippen LogP contribution >= 0.6 is 0 Å². The molecule has 0 radical (unpaired) electrons. The minimum Gasteiger partial charge on any atom is -0.459 e. The molecule has 0 bridgehead atoms. The minimum absolute atomic E-state index is 0.0543. The van der Waals surface area contributed by atoms with Gasteiger partial charge in [-0.2, -0.15) is 0 Å². The summed E-state index contributed by atoms with van der Waals surface area (Å²) in [6, 6.07) is 31.2. The van der Waals surface area contributed by atoms with E-state index in [1.165, 1.54) is 48.5 Å². The highest BCUT2D eigenvalue weighted by molar-refractivity contribution is 5.91. The van der Waals surface area contributed by atoms with Gasteiger partial charge in [0.05, 0.1) is 28.9 Å². The molecule has 4 N–H and O–H groups in total. The van der Waals surface area contributed by atoms with Crippen LogP contribution in [0, 0.1) is 0 Å². The molecule has 6 rings (SSSR count). The number of hydrogen-bond acceptors (Lipinski definition) is 15. The van der Waals surface area contributed by atoms with Crippen molar-refractivity contribution in [2.45, 2.75) is 61.4 Å². The molecule has 10 unspecified atom stereocenters. The monoisotopic (exact) mass is 758 g/mol. The van der Waals surface area contributed by atoms with Crippen molar-refractivity contribution in [2.75, 3.05) is 13.2 Å². The van der Waals surface area contributed by atoms with E-state index in [0.29, 0.717) is 0 Å². The van der Waals surface area contributed by atoms with Crippen molar-refractivity contribution in [3.8, 4) is 0 Å². The number of ether oxygens (including phenoxy) is 7. The quantitative estimate of drug-likeness (QED) is 0.120. The van der Waals surface area contributed by atoms with Crippen LogP contribution in [0.25, 0.3) is 0 Å². The normalized spacial score (nSPS) is 27.6. The Morgan fingerprint density at radius 1 is 0.473 bits per heavy atom. The first-order chi connectivity index (χ1) is 26.6. The molecule has 0 amide bonds. The highest BCUT2D eigenvalue weighted by Gasteiger charge is 2.56. The van der Waals surface area contributed by atoms with Crippen LogP contribution in [-0.2, 0) is 33.2 Å². The van der Waals surface area contributed by atoms with E-state index in [2.05, 4.69) is 0 Å². The molecule has 4 aromatic rings. The van der Waals surface area contributed by atoms with E-state index >= 15 is 0 Å². The van der Waals surface area contributed by atoms with E-state index in [0.717, 1.165) is 0 Å². The zero-order chi connectivity index (χ0) is 38.9. The third-order valence-corrected chi connectivity index (χ3v) is 8.86. The van der Waals surface area contributed by atoms with E-state index in [4.69, 9.17) is 33.2 Å². The number of carbonyl (C=O) groups is 4. The molecule has 0 aliphatic carbocycles. The Kier molecular flexibility index (Phi) is 13.0. The summed E-state index contributed by atoms with van der Waals surface area (Å²) in [5, 5.41) is 41.9. The van der Waals surface area contributed by atoms with Gasteiger partial charge in [0.1, 0.15) is 43.2 Å². The van der Waals surface area contributed by atoms with Gasteiger partial charge in [0.2, 0.25) is 12.4 Å². The Morgan fingerprint density at radius 2 is 0.891 bits per heavy atom. The summed E-state index contributed by atoms with van der Waals surface area (Å²) in [5.41, 5.74) is 0.370. The summed E-state index contributed by atoms with van der Waals surface area (Å²) in [5.74, 6) is -3.63. The number of aliphatic hydroxyl groups is 4. The van der Waals surface area contributed by atoms with Crippen LogP contribution in [-0.4, -0.2) is 119 Å². The Balaban J connectivity index is 1.43. The molecule has 2 aliphatic heterocycles. The number of benzene rings is 4. The van der Waals surface area contributed by atoms with Crippen molar-refractivity contribution in [1.82, 2.24) is 0 Å². The summed E-state index contributed by atoms with van der Waals surface area (Å²) >= 11 is 0. The van der Waals surface area contributed by atoms with Crippen LogP contribution < -0.4 is 0 Å². The molecule has 15 nitrogen and oxygen atoms in total. The van der Waals surface area contributed by atoms with E-state index in [-0.39, 0.29) is 22.3 Å². The van der Waals surface area contributed by atoms with Gasteiger partial charge >= 0.3 is 23.9 Å². The van der Waals surface area contributed by atoms with Crippen LogP contribution in [0.3, 0.4) is 0 Å². The van der Waals surface area contributed by atoms with Gasteiger partial charge in [-0.05, 0) is 48.5 Å². The standard InChI is InChI=1S/C40H38O15/c41-21-27-29(42)30(43)31(44)39(50-27)54-32-28(22-49-35(45)23-13-5-1-6-14-23)51-40(55-38(48)26-19-11-4-12-20-26)34(53-37(47)25-17-9-3-10-18-25)33(32)52-36(46)24-15-7-2-8-16-24/h1-20,27-34,39-44H,21-22H2. The van der Waals surface area contributed by atoms with Crippen LogP contribution in [0.5, 0.6) is 0 Å². The first-order valence-electron chi connectivity index (χ1n) is 17.3. The molecule has 2 fully saturated rings. The van der Waals surface area contributed by atoms with Crippen molar-refractivity contribution in [3.05, 3.63) is 144 Å². The second-order valence-corrected chi connectivity index (χ2v) is 12.5. The highest BCUT2D eigenvalue weighted by atomic mass is 16.8. The van der Waals surface area contributed by atoms with Crippen molar-refractivity contribution in [3.63, 3.8) is 0 Å². The average molecular weight is 759 g/mol. The summed E-state index contributed by atoms with van der Waals surface area (Å²) < 4.78 is 41.3.